The average molecular weight is 435 g/mol. The largest absolute Gasteiger partial charge is 0.497 e. The highest BCUT2D eigenvalue weighted by Gasteiger charge is 2.42. The van der Waals surface area contributed by atoms with E-state index in [4.69, 9.17) is 21.7 Å². The van der Waals surface area contributed by atoms with Crippen molar-refractivity contribution in [2.45, 2.75) is 37.6 Å². The van der Waals surface area contributed by atoms with Crippen molar-refractivity contribution in [2.75, 3.05) is 18.6 Å². The molecule has 0 radical (unpaired) electrons. The van der Waals surface area contributed by atoms with E-state index in [-0.39, 0.29) is 18.2 Å². The molecule has 5 rings (SSSR count). The van der Waals surface area contributed by atoms with Crippen LogP contribution in [0.5, 0.6) is 5.75 Å². The van der Waals surface area contributed by atoms with Gasteiger partial charge in [-0.3, -0.25) is 4.98 Å². The lowest BCUT2D eigenvalue weighted by Gasteiger charge is -2.29. The number of methoxy groups -OCH3 is 1. The average Bonchev–Trinajstić information content (AvgIpc) is 3.55. The van der Waals surface area contributed by atoms with Crippen molar-refractivity contribution in [3.63, 3.8) is 0 Å². The zero-order valence-corrected chi connectivity index (χ0v) is 18.3. The predicted octanol–water partition coefficient (Wildman–Crippen LogP) is 4.25. The highest BCUT2D eigenvalue weighted by Crippen LogP contribution is 2.42. The number of nitrogens with zero attached hydrogens (tertiary/aromatic N) is 3. The van der Waals surface area contributed by atoms with Gasteiger partial charge in [0.2, 0.25) is 0 Å². The second-order valence-corrected chi connectivity index (χ2v) is 8.31. The lowest BCUT2D eigenvalue weighted by molar-refractivity contribution is 0.0961. The van der Waals surface area contributed by atoms with Gasteiger partial charge in [0.15, 0.2) is 5.11 Å². The van der Waals surface area contributed by atoms with E-state index in [1.165, 1.54) is 5.69 Å². The second kappa shape index (κ2) is 8.69. The van der Waals surface area contributed by atoms with Crippen LogP contribution in [0.25, 0.3) is 0 Å². The molecule has 3 unspecified atom stereocenters. The van der Waals surface area contributed by atoms with Gasteiger partial charge < -0.3 is 24.3 Å². The minimum atomic E-state index is -0.0713. The lowest BCUT2D eigenvalue weighted by Crippen LogP contribution is -2.31. The molecule has 2 aliphatic rings. The maximum Gasteiger partial charge on any atom is 0.174 e. The Hall–Kier alpha value is -2.90. The highest BCUT2D eigenvalue weighted by molar-refractivity contribution is 7.80. The van der Waals surface area contributed by atoms with E-state index in [9.17, 15) is 0 Å². The molecule has 4 heterocycles. The fourth-order valence-corrected chi connectivity index (χ4v) is 4.91. The Bertz CT molecular complexity index is 1050. The zero-order chi connectivity index (χ0) is 21.2. The number of anilines is 1. The summed E-state index contributed by atoms with van der Waals surface area (Å²) in [5, 5.41) is 4.20. The molecule has 0 bridgehead atoms. The van der Waals surface area contributed by atoms with E-state index >= 15 is 0 Å². The van der Waals surface area contributed by atoms with Gasteiger partial charge in [-0.05, 0) is 61.5 Å². The predicted molar refractivity (Wildman–Crippen MR) is 124 cm³/mol. The Balaban J connectivity index is 1.58. The van der Waals surface area contributed by atoms with Crippen molar-refractivity contribution in [3.05, 3.63) is 78.4 Å². The fourth-order valence-electron chi connectivity index (χ4n) is 4.56. The summed E-state index contributed by atoms with van der Waals surface area (Å²) >= 11 is 5.83. The van der Waals surface area contributed by atoms with E-state index in [1.807, 2.05) is 36.5 Å². The Morgan fingerprint density at radius 2 is 2.13 bits per heavy atom. The van der Waals surface area contributed by atoms with Crippen molar-refractivity contribution >= 4 is 23.0 Å². The van der Waals surface area contributed by atoms with Gasteiger partial charge in [0.05, 0.1) is 24.9 Å². The van der Waals surface area contributed by atoms with Crippen LogP contribution in [0.1, 0.15) is 36.3 Å². The molecule has 0 saturated carbocycles. The molecule has 3 atom stereocenters. The second-order valence-electron chi connectivity index (χ2n) is 7.92. The van der Waals surface area contributed by atoms with Gasteiger partial charge in [0.25, 0.3) is 0 Å². The number of thiocarbonyl (C=S) groups is 1. The van der Waals surface area contributed by atoms with Crippen molar-refractivity contribution < 1.29 is 9.47 Å². The number of ether oxygens (including phenoxy) is 2. The van der Waals surface area contributed by atoms with Crippen LogP contribution in [0.15, 0.2) is 67.0 Å². The van der Waals surface area contributed by atoms with Gasteiger partial charge in [-0.1, -0.05) is 12.1 Å². The van der Waals surface area contributed by atoms with E-state index in [0.717, 1.165) is 43.1 Å². The van der Waals surface area contributed by atoms with Gasteiger partial charge in [-0.15, -0.1) is 0 Å². The first-order valence-corrected chi connectivity index (χ1v) is 11.1. The minimum absolute atomic E-state index is 0.0501. The van der Waals surface area contributed by atoms with Crippen LogP contribution >= 0.6 is 12.2 Å². The Morgan fingerprint density at radius 1 is 1.19 bits per heavy atom. The van der Waals surface area contributed by atoms with Crippen LogP contribution in [-0.2, 0) is 11.3 Å². The molecule has 2 fully saturated rings. The summed E-state index contributed by atoms with van der Waals surface area (Å²) in [5.74, 6) is 0.801. The molecule has 6 nitrogen and oxygen atoms in total. The summed E-state index contributed by atoms with van der Waals surface area (Å²) < 4.78 is 13.7. The monoisotopic (exact) mass is 434 g/mol. The standard InChI is InChI=1S/C24H26N4O2S/c1-29-18-8-4-7-17(15-18)28-23(22(26-24(28)31)20-10-2-3-12-25-20)21-11-5-13-27(21)16-19-9-6-14-30-19/h2-5,7-8,10-13,15,19,22-23H,6,9,14,16H2,1H3,(H,26,31). The van der Waals surface area contributed by atoms with Crippen LogP contribution in [0.2, 0.25) is 0 Å². The summed E-state index contributed by atoms with van der Waals surface area (Å²) in [6, 6.07) is 18.2. The van der Waals surface area contributed by atoms with Gasteiger partial charge in [0, 0.05) is 43.0 Å². The van der Waals surface area contributed by atoms with Crippen LogP contribution in [-0.4, -0.2) is 34.5 Å². The topological polar surface area (TPSA) is 51.5 Å². The van der Waals surface area contributed by atoms with Gasteiger partial charge in [-0.2, -0.15) is 0 Å². The number of hydrogen-bond acceptors (Lipinski definition) is 4. The molecule has 2 aromatic heterocycles. The first-order valence-electron chi connectivity index (χ1n) is 10.7. The number of aromatic nitrogens is 2. The quantitative estimate of drug-likeness (QED) is 0.586. The van der Waals surface area contributed by atoms with Crippen LogP contribution in [0, 0.1) is 0 Å². The third kappa shape index (κ3) is 3.91. The van der Waals surface area contributed by atoms with Gasteiger partial charge in [0.1, 0.15) is 11.8 Å². The SMILES string of the molecule is COc1cccc(N2C(=S)NC(c3ccccn3)C2c2cccn2CC2CCCO2)c1. The molecule has 1 aromatic carbocycles. The van der Waals surface area contributed by atoms with Gasteiger partial charge >= 0.3 is 0 Å². The Labute approximate surface area is 187 Å². The number of hydrogen-bond donors (Lipinski definition) is 1. The fraction of sp³-hybridized carbons (Fsp3) is 0.333. The van der Waals surface area contributed by atoms with Crippen molar-refractivity contribution in [2.24, 2.45) is 0 Å². The lowest BCUT2D eigenvalue weighted by atomic mass is 10.0. The molecule has 1 N–H and O–H groups in total. The van der Waals surface area contributed by atoms with Crippen LogP contribution in [0.3, 0.4) is 0 Å². The molecule has 0 aliphatic carbocycles. The summed E-state index contributed by atoms with van der Waals surface area (Å²) in [4.78, 5) is 6.82. The third-order valence-corrected chi connectivity index (χ3v) is 6.34. The van der Waals surface area contributed by atoms with E-state index in [0.29, 0.717) is 5.11 Å². The smallest absolute Gasteiger partial charge is 0.174 e. The summed E-state index contributed by atoms with van der Waals surface area (Å²) in [6.07, 6.45) is 6.45. The maximum absolute atomic E-state index is 5.91. The third-order valence-electron chi connectivity index (χ3n) is 6.02. The maximum atomic E-state index is 5.91. The van der Waals surface area contributed by atoms with E-state index < -0.39 is 0 Å². The number of nitrogens with one attached hydrogen (secondary N) is 1. The number of benzene rings is 1. The zero-order valence-electron chi connectivity index (χ0n) is 17.5. The summed E-state index contributed by atoms with van der Waals surface area (Å²) in [7, 11) is 1.68. The molecule has 2 aliphatic heterocycles. The molecular formula is C24H26N4O2S. The van der Waals surface area contributed by atoms with Crippen LogP contribution < -0.4 is 15.0 Å². The first kappa shape index (κ1) is 20.0. The van der Waals surface area contributed by atoms with Gasteiger partial charge in [-0.25, -0.2) is 0 Å². The first-order chi connectivity index (χ1) is 15.2. The molecule has 160 valence electrons. The molecule has 3 aromatic rings. The number of pyridine rings is 1. The normalized spacial score (nSPS) is 23.2. The Kier molecular flexibility index (Phi) is 5.61. The van der Waals surface area contributed by atoms with Crippen molar-refractivity contribution in [1.82, 2.24) is 14.9 Å². The Morgan fingerprint density at radius 3 is 2.90 bits per heavy atom. The van der Waals surface area contributed by atoms with E-state index in [2.05, 4.69) is 50.2 Å². The molecule has 0 amide bonds. The molecule has 2 saturated heterocycles. The highest BCUT2D eigenvalue weighted by atomic mass is 32.1. The molecule has 31 heavy (non-hydrogen) atoms. The van der Waals surface area contributed by atoms with Crippen molar-refractivity contribution in [3.8, 4) is 5.75 Å². The van der Waals surface area contributed by atoms with E-state index in [1.54, 1.807) is 7.11 Å². The summed E-state index contributed by atoms with van der Waals surface area (Å²) in [6.45, 7) is 1.69. The molecule has 7 heteroatoms. The number of rotatable bonds is 6. The van der Waals surface area contributed by atoms with Crippen molar-refractivity contribution in [1.29, 1.82) is 0 Å². The van der Waals surface area contributed by atoms with Crippen LogP contribution in [0.4, 0.5) is 5.69 Å². The summed E-state index contributed by atoms with van der Waals surface area (Å²) in [5.41, 5.74) is 3.14. The molecular weight excluding hydrogens is 408 g/mol. The minimum Gasteiger partial charge on any atom is -0.497 e. The molecule has 0 spiro atoms.